The molecule has 0 atom stereocenters. The Labute approximate surface area is 141 Å². The molecular formula is C17H21N3O2S. The van der Waals surface area contributed by atoms with E-state index in [2.05, 4.69) is 21.8 Å². The highest BCUT2D eigenvalue weighted by Crippen LogP contribution is 2.30. The number of hydrogen-bond donors (Lipinski definition) is 0. The molecule has 3 rings (SSSR count). The largest absolute Gasteiger partial charge is 0.494 e. The molecule has 0 N–H and O–H groups in total. The summed E-state index contributed by atoms with van der Waals surface area (Å²) in [5, 5.41) is 0.834. The van der Waals surface area contributed by atoms with E-state index in [0.717, 1.165) is 42.7 Å². The van der Waals surface area contributed by atoms with Crippen molar-refractivity contribution in [2.45, 2.75) is 6.92 Å². The van der Waals surface area contributed by atoms with Crippen LogP contribution in [0.25, 0.3) is 6.08 Å². The van der Waals surface area contributed by atoms with Gasteiger partial charge in [-0.2, -0.15) is 4.99 Å². The summed E-state index contributed by atoms with van der Waals surface area (Å²) in [5.41, 5.74) is 0.985. The number of amidine groups is 1. The highest BCUT2D eigenvalue weighted by atomic mass is 32.2. The summed E-state index contributed by atoms with van der Waals surface area (Å²) >= 11 is 1.47. The first kappa shape index (κ1) is 16.1. The van der Waals surface area contributed by atoms with E-state index in [-0.39, 0.29) is 5.91 Å². The van der Waals surface area contributed by atoms with Crippen molar-refractivity contribution in [3.05, 3.63) is 34.7 Å². The van der Waals surface area contributed by atoms with Crippen LogP contribution in [0, 0.1) is 0 Å². The van der Waals surface area contributed by atoms with Gasteiger partial charge in [0.25, 0.3) is 5.91 Å². The Balaban J connectivity index is 1.67. The number of ether oxygens (including phenoxy) is 1. The molecule has 0 radical (unpaired) electrons. The molecule has 122 valence electrons. The average molecular weight is 331 g/mol. The van der Waals surface area contributed by atoms with Gasteiger partial charge in [-0.15, -0.1) is 0 Å². The van der Waals surface area contributed by atoms with Crippen molar-refractivity contribution < 1.29 is 9.53 Å². The molecule has 0 aromatic heterocycles. The van der Waals surface area contributed by atoms with E-state index >= 15 is 0 Å². The number of thioether (sulfide) groups is 1. The lowest BCUT2D eigenvalue weighted by Crippen LogP contribution is -2.46. The third-order valence-corrected chi connectivity index (χ3v) is 4.92. The van der Waals surface area contributed by atoms with Crippen molar-refractivity contribution in [2.75, 3.05) is 39.8 Å². The maximum atomic E-state index is 12.1. The second kappa shape index (κ2) is 7.19. The first-order valence-electron chi connectivity index (χ1n) is 7.84. The molecule has 2 aliphatic heterocycles. The standard InChI is InChI=1S/C17H21N3O2S/c1-3-22-14-6-4-13(5-7-14)12-15-16(21)18-17(23-15)20-10-8-19(2)9-11-20/h4-7,12H,3,8-11H2,1-2H3/b15-12+. The zero-order valence-electron chi connectivity index (χ0n) is 13.5. The Kier molecular flexibility index (Phi) is 5.03. The minimum absolute atomic E-state index is 0.141. The smallest absolute Gasteiger partial charge is 0.286 e. The van der Waals surface area contributed by atoms with Gasteiger partial charge < -0.3 is 14.5 Å². The van der Waals surface area contributed by atoms with Crippen molar-refractivity contribution >= 4 is 28.9 Å². The zero-order valence-corrected chi connectivity index (χ0v) is 14.3. The van der Waals surface area contributed by atoms with Gasteiger partial charge in [-0.25, -0.2) is 0 Å². The molecule has 23 heavy (non-hydrogen) atoms. The fourth-order valence-electron chi connectivity index (χ4n) is 2.51. The summed E-state index contributed by atoms with van der Waals surface area (Å²) in [7, 11) is 2.11. The molecular weight excluding hydrogens is 310 g/mol. The molecule has 0 spiro atoms. The minimum Gasteiger partial charge on any atom is -0.494 e. The first-order valence-corrected chi connectivity index (χ1v) is 8.66. The lowest BCUT2D eigenvalue weighted by atomic mass is 10.2. The maximum absolute atomic E-state index is 12.1. The monoisotopic (exact) mass is 331 g/mol. The van der Waals surface area contributed by atoms with Gasteiger partial charge in [0.2, 0.25) is 0 Å². The molecule has 1 aromatic rings. The number of carbonyl (C=O) groups excluding carboxylic acids is 1. The Hall–Kier alpha value is -1.79. The number of amides is 1. The lowest BCUT2D eigenvalue weighted by molar-refractivity contribution is -0.113. The highest BCUT2D eigenvalue weighted by Gasteiger charge is 2.27. The van der Waals surface area contributed by atoms with Gasteiger partial charge in [0.1, 0.15) is 5.75 Å². The van der Waals surface area contributed by atoms with E-state index in [1.807, 2.05) is 37.3 Å². The summed E-state index contributed by atoms with van der Waals surface area (Å²) in [6.45, 7) is 6.47. The van der Waals surface area contributed by atoms with E-state index < -0.39 is 0 Å². The summed E-state index contributed by atoms with van der Waals surface area (Å²) in [4.78, 5) is 21.5. The third-order valence-electron chi connectivity index (χ3n) is 3.87. The molecule has 1 aromatic carbocycles. The van der Waals surface area contributed by atoms with Crippen LogP contribution in [0.15, 0.2) is 34.2 Å². The van der Waals surface area contributed by atoms with Crippen molar-refractivity contribution in [3.63, 3.8) is 0 Å². The quantitative estimate of drug-likeness (QED) is 0.795. The van der Waals surface area contributed by atoms with Crippen LogP contribution in [0.1, 0.15) is 12.5 Å². The number of rotatable bonds is 3. The maximum Gasteiger partial charge on any atom is 0.286 e. The molecule has 2 heterocycles. The Morgan fingerprint density at radius 2 is 1.91 bits per heavy atom. The van der Waals surface area contributed by atoms with Gasteiger partial charge in [0.15, 0.2) is 5.17 Å². The normalized spacial score (nSPS) is 21.0. The fraction of sp³-hybridized carbons (Fsp3) is 0.412. The van der Waals surface area contributed by atoms with E-state index in [1.165, 1.54) is 11.8 Å². The van der Waals surface area contributed by atoms with Crippen LogP contribution in [-0.2, 0) is 4.79 Å². The topological polar surface area (TPSA) is 45.1 Å². The summed E-state index contributed by atoms with van der Waals surface area (Å²) in [5.74, 6) is 0.701. The van der Waals surface area contributed by atoms with E-state index in [1.54, 1.807) is 0 Å². The predicted octanol–water partition coefficient (Wildman–Crippen LogP) is 2.30. The Bertz CT molecular complexity index is 632. The lowest BCUT2D eigenvalue weighted by Gasteiger charge is -2.32. The van der Waals surface area contributed by atoms with Crippen LogP contribution >= 0.6 is 11.8 Å². The number of likely N-dealkylation sites (N-methyl/N-ethyl adjacent to an activating group) is 1. The van der Waals surface area contributed by atoms with Crippen LogP contribution in [-0.4, -0.2) is 60.7 Å². The van der Waals surface area contributed by atoms with E-state index in [0.29, 0.717) is 11.5 Å². The van der Waals surface area contributed by atoms with Crippen LogP contribution in [0.5, 0.6) is 5.75 Å². The van der Waals surface area contributed by atoms with E-state index in [4.69, 9.17) is 4.74 Å². The zero-order chi connectivity index (χ0) is 16.2. The van der Waals surface area contributed by atoms with Crippen molar-refractivity contribution in [2.24, 2.45) is 4.99 Å². The minimum atomic E-state index is -0.141. The average Bonchev–Trinajstić information content (AvgIpc) is 2.91. The molecule has 2 aliphatic rings. The van der Waals surface area contributed by atoms with Gasteiger partial charge in [-0.3, -0.25) is 4.79 Å². The first-order chi connectivity index (χ1) is 11.2. The second-order valence-electron chi connectivity index (χ2n) is 5.60. The predicted molar refractivity (Wildman–Crippen MR) is 94.7 cm³/mol. The van der Waals surface area contributed by atoms with Gasteiger partial charge in [-0.05, 0) is 49.5 Å². The van der Waals surface area contributed by atoms with E-state index in [9.17, 15) is 4.79 Å². The van der Waals surface area contributed by atoms with Crippen LogP contribution in [0.4, 0.5) is 0 Å². The number of benzene rings is 1. The number of carbonyl (C=O) groups is 1. The Morgan fingerprint density at radius 3 is 2.57 bits per heavy atom. The molecule has 1 fully saturated rings. The fourth-order valence-corrected chi connectivity index (χ4v) is 3.47. The van der Waals surface area contributed by atoms with Gasteiger partial charge >= 0.3 is 0 Å². The number of piperazine rings is 1. The van der Waals surface area contributed by atoms with Crippen LogP contribution in [0.2, 0.25) is 0 Å². The number of aliphatic imine (C=N–C) groups is 1. The second-order valence-corrected chi connectivity index (χ2v) is 6.61. The van der Waals surface area contributed by atoms with Crippen molar-refractivity contribution in [3.8, 4) is 5.75 Å². The van der Waals surface area contributed by atoms with Crippen molar-refractivity contribution in [1.82, 2.24) is 9.80 Å². The van der Waals surface area contributed by atoms with Gasteiger partial charge in [0.05, 0.1) is 11.5 Å². The number of nitrogens with zero attached hydrogens (tertiary/aromatic N) is 3. The number of hydrogen-bond acceptors (Lipinski definition) is 5. The van der Waals surface area contributed by atoms with Crippen LogP contribution < -0.4 is 4.74 Å². The molecule has 5 nitrogen and oxygen atoms in total. The summed E-state index contributed by atoms with van der Waals surface area (Å²) < 4.78 is 5.43. The summed E-state index contributed by atoms with van der Waals surface area (Å²) in [6.07, 6.45) is 1.90. The van der Waals surface area contributed by atoms with Gasteiger partial charge in [-0.1, -0.05) is 12.1 Å². The van der Waals surface area contributed by atoms with Crippen LogP contribution in [0.3, 0.4) is 0 Å². The Morgan fingerprint density at radius 1 is 1.22 bits per heavy atom. The summed E-state index contributed by atoms with van der Waals surface area (Å²) in [6, 6.07) is 7.75. The molecule has 6 heteroatoms. The molecule has 0 unspecified atom stereocenters. The third kappa shape index (κ3) is 3.95. The highest BCUT2D eigenvalue weighted by molar-refractivity contribution is 8.18. The molecule has 0 saturated carbocycles. The molecule has 1 amide bonds. The molecule has 1 saturated heterocycles. The van der Waals surface area contributed by atoms with Crippen molar-refractivity contribution in [1.29, 1.82) is 0 Å². The SMILES string of the molecule is CCOc1ccc(/C=C2/SC(N3CCN(C)CC3)=NC2=O)cc1. The molecule has 0 aliphatic carbocycles. The van der Waals surface area contributed by atoms with Gasteiger partial charge in [0, 0.05) is 26.2 Å². The molecule has 0 bridgehead atoms.